The Labute approximate surface area is 90.9 Å². The van der Waals surface area contributed by atoms with Gasteiger partial charge in [0.2, 0.25) is 0 Å². The van der Waals surface area contributed by atoms with Crippen molar-refractivity contribution < 1.29 is 0 Å². The fourth-order valence-corrected chi connectivity index (χ4v) is 1.04. The molecule has 0 aromatic heterocycles. The average Bonchev–Trinajstić information content (AvgIpc) is 2.22. The van der Waals surface area contributed by atoms with Crippen LogP contribution in [0.3, 0.4) is 0 Å². The SMILES string of the molecule is CC.Cc1ccc(C(=S)N=CN)cc1. The van der Waals surface area contributed by atoms with E-state index < -0.39 is 0 Å². The largest absolute Gasteiger partial charge is 0.390 e. The Kier molecular flexibility index (Phi) is 6.58. The summed E-state index contributed by atoms with van der Waals surface area (Å²) in [6, 6.07) is 7.86. The van der Waals surface area contributed by atoms with Gasteiger partial charge in [0, 0.05) is 5.56 Å². The standard InChI is InChI=1S/C9H10N2S.C2H6/c1-7-2-4-8(5-3-7)9(12)11-6-10;1-2/h2-6H,1H3,(H2,10,11,12);1-2H3. The van der Waals surface area contributed by atoms with E-state index in [4.69, 9.17) is 18.0 Å². The van der Waals surface area contributed by atoms with Crippen molar-refractivity contribution in [3.8, 4) is 0 Å². The molecule has 1 aromatic carbocycles. The van der Waals surface area contributed by atoms with Crippen molar-refractivity contribution in [1.29, 1.82) is 0 Å². The van der Waals surface area contributed by atoms with Gasteiger partial charge in [0.25, 0.3) is 0 Å². The van der Waals surface area contributed by atoms with Crippen LogP contribution in [0.25, 0.3) is 0 Å². The summed E-state index contributed by atoms with van der Waals surface area (Å²) in [7, 11) is 0. The first kappa shape index (κ1) is 12.8. The van der Waals surface area contributed by atoms with Crippen molar-refractivity contribution in [2.45, 2.75) is 20.8 Å². The number of aryl methyl sites for hydroxylation is 1. The fourth-order valence-electron chi connectivity index (χ4n) is 0.838. The lowest BCUT2D eigenvalue weighted by molar-refractivity contribution is 1.46. The normalized spacial score (nSPS) is 9.36. The molecule has 0 aliphatic heterocycles. The quantitative estimate of drug-likeness (QED) is 0.438. The molecule has 1 aromatic rings. The van der Waals surface area contributed by atoms with Gasteiger partial charge in [-0.2, -0.15) is 0 Å². The monoisotopic (exact) mass is 208 g/mol. The second kappa shape index (κ2) is 7.21. The third kappa shape index (κ3) is 4.14. The molecule has 0 aliphatic rings. The number of nitrogens with zero attached hydrogens (tertiary/aromatic N) is 1. The van der Waals surface area contributed by atoms with Gasteiger partial charge in [-0.15, -0.1) is 0 Å². The van der Waals surface area contributed by atoms with E-state index >= 15 is 0 Å². The van der Waals surface area contributed by atoms with E-state index in [0.29, 0.717) is 4.99 Å². The van der Waals surface area contributed by atoms with Gasteiger partial charge in [-0.25, -0.2) is 4.99 Å². The molecule has 0 saturated carbocycles. The molecular weight excluding hydrogens is 192 g/mol. The van der Waals surface area contributed by atoms with Crippen LogP contribution in [0.1, 0.15) is 25.0 Å². The maximum absolute atomic E-state index is 5.12. The van der Waals surface area contributed by atoms with Crippen molar-refractivity contribution in [1.82, 2.24) is 0 Å². The van der Waals surface area contributed by atoms with Crippen LogP contribution in [0.15, 0.2) is 29.3 Å². The average molecular weight is 208 g/mol. The molecule has 0 amide bonds. The molecule has 0 saturated heterocycles. The highest BCUT2D eigenvalue weighted by Gasteiger charge is 1.95. The highest BCUT2D eigenvalue weighted by Crippen LogP contribution is 2.05. The molecule has 0 atom stereocenters. The van der Waals surface area contributed by atoms with Crippen molar-refractivity contribution >= 4 is 23.5 Å². The molecule has 2 N–H and O–H groups in total. The molecule has 0 unspecified atom stereocenters. The lowest BCUT2D eigenvalue weighted by atomic mass is 10.1. The molecule has 2 nitrogen and oxygen atoms in total. The minimum absolute atomic E-state index is 0.525. The molecule has 0 aliphatic carbocycles. The van der Waals surface area contributed by atoms with Crippen molar-refractivity contribution in [3.05, 3.63) is 35.4 Å². The molecular formula is C11H16N2S. The van der Waals surface area contributed by atoms with Gasteiger partial charge in [0.15, 0.2) is 0 Å². The van der Waals surface area contributed by atoms with E-state index in [-0.39, 0.29) is 0 Å². The molecule has 76 valence electrons. The zero-order valence-corrected chi connectivity index (χ0v) is 9.64. The van der Waals surface area contributed by atoms with E-state index in [0.717, 1.165) is 5.56 Å². The van der Waals surface area contributed by atoms with E-state index in [2.05, 4.69) is 4.99 Å². The lowest BCUT2D eigenvalue weighted by Crippen LogP contribution is -1.97. The Morgan fingerprint density at radius 2 is 1.79 bits per heavy atom. The zero-order chi connectivity index (χ0) is 11.0. The predicted molar refractivity (Wildman–Crippen MR) is 66.9 cm³/mol. The van der Waals surface area contributed by atoms with E-state index in [1.807, 2.05) is 45.0 Å². The summed E-state index contributed by atoms with van der Waals surface area (Å²) in [4.78, 5) is 4.33. The van der Waals surface area contributed by atoms with Gasteiger partial charge in [0.1, 0.15) is 4.99 Å². The highest BCUT2D eigenvalue weighted by molar-refractivity contribution is 7.80. The Hall–Kier alpha value is -1.22. The first-order valence-electron chi connectivity index (χ1n) is 4.59. The maximum atomic E-state index is 5.12. The van der Waals surface area contributed by atoms with Crippen LogP contribution in [0.4, 0.5) is 0 Å². The van der Waals surface area contributed by atoms with Gasteiger partial charge in [-0.05, 0) is 6.92 Å². The Morgan fingerprint density at radius 3 is 2.21 bits per heavy atom. The number of rotatable bonds is 1. The van der Waals surface area contributed by atoms with Crippen molar-refractivity contribution in [3.63, 3.8) is 0 Å². The molecule has 0 fully saturated rings. The van der Waals surface area contributed by atoms with Gasteiger partial charge in [-0.3, -0.25) is 0 Å². The Balaban J connectivity index is 0.000000791. The Morgan fingerprint density at radius 1 is 1.29 bits per heavy atom. The molecule has 3 heteroatoms. The second-order valence-corrected chi connectivity index (χ2v) is 2.84. The summed E-state index contributed by atoms with van der Waals surface area (Å²) in [5, 5.41) is 0. The number of aliphatic imine (C=N–C) groups is 1. The molecule has 0 spiro atoms. The smallest absolute Gasteiger partial charge is 0.135 e. The number of hydrogen-bond acceptors (Lipinski definition) is 1. The number of hydrogen-bond donors (Lipinski definition) is 1. The van der Waals surface area contributed by atoms with E-state index in [1.54, 1.807) is 0 Å². The number of nitrogens with two attached hydrogens (primary N) is 1. The van der Waals surface area contributed by atoms with Crippen LogP contribution in [0.2, 0.25) is 0 Å². The number of thiocarbonyl (C=S) groups is 1. The summed E-state index contributed by atoms with van der Waals surface area (Å²) < 4.78 is 0. The Bertz CT molecular complexity index is 302. The van der Waals surface area contributed by atoms with Gasteiger partial charge in [0.05, 0.1) is 6.34 Å². The van der Waals surface area contributed by atoms with Crippen molar-refractivity contribution in [2.75, 3.05) is 0 Å². The lowest BCUT2D eigenvalue weighted by Gasteiger charge is -1.97. The van der Waals surface area contributed by atoms with Crippen LogP contribution < -0.4 is 5.73 Å². The van der Waals surface area contributed by atoms with Crippen LogP contribution in [0, 0.1) is 6.92 Å². The summed E-state index contributed by atoms with van der Waals surface area (Å²) in [5.74, 6) is 0. The van der Waals surface area contributed by atoms with Gasteiger partial charge < -0.3 is 5.73 Å². The molecule has 1 rings (SSSR count). The number of benzene rings is 1. The summed E-state index contributed by atoms with van der Waals surface area (Å²) in [6.45, 7) is 6.03. The molecule has 0 heterocycles. The van der Waals surface area contributed by atoms with Crippen LogP contribution >= 0.6 is 12.2 Å². The topological polar surface area (TPSA) is 38.4 Å². The summed E-state index contributed by atoms with van der Waals surface area (Å²) >= 11 is 4.99. The zero-order valence-electron chi connectivity index (χ0n) is 8.82. The minimum atomic E-state index is 0.525. The third-order valence-electron chi connectivity index (χ3n) is 1.49. The van der Waals surface area contributed by atoms with Gasteiger partial charge >= 0.3 is 0 Å². The fraction of sp³-hybridized carbons (Fsp3) is 0.273. The second-order valence-electron chi connectivity index (χ2n) is 2.45. The van der Waals surface area contributed by atoms with Crippen LogP contribution in [-0.4, -0.2) is 11.3 Å². The summed E-state index contributed by atoms with van der Waals surface area (Å²) in [6.07, 6.45) is 1.21. The maximum Gasteiger partial charge on any atom is 0.135 e. The molecule has 0 radical (unpaired) electrons. The summed E-state index contributed by atoms with van der Waals surface area (Å²) in [5.41, 5.74) is 7.25. The van der Waals surface area contributed by atoms with E-state index in [9.17, 15) is 0 Å². The predicted octanol–water partition coefficient (Wildman–Crippen LogP) is 2.68. The first-order valence-corrected chi connectivity index (χ1v) is 5.00. The van der Waals surface area contributed by atoms with Gasteiger partial charge in [-0.1, -0.05) is 55.9 Å². The first-order chi connectivity index (χ1) is 6.74. The van der Waals surface area contributed by atoms with Crippen LogP contribution in [-0.2, 0) is 0 Å². The minimum Gasteiger partial charge on any atom is -0.390 e. The third-order valence-corrected chi connectivity index (χ3v) is 1.83. The molecule has 14 heavy (non-hydrogen) atoms. The highest BCUT2D eigenvalue weighted by atomic mass is 32.1. The van der Waals surface area contributed by atoms with Crippen LogP contribution in [0.5, 0.6) is 0 Å². The van der Waals surface area contributed by atoms with E-state index in [1.165, 1.54) is 11.9 Å². The molecule has 0 bridgehead atoms. The van der Waals surface area contributed by atoms with Crippen molar-refractivity contribution in [2.24, 2.45) is 10.7 Å².